The van der Waals surface area contributed by atoms with E-state index in [0.29, 0.717) is 5.56 Å². The Morgan fingerprint density at radius 2 is 1.86 bits per heavy atom. The Labute approximate surface area is 162 Å². The standard InChI is InChI=1S/C20H24O8/c1-12-5-3-7-15(21)19(24)16(22)8-4-6-13-9-14(27-11-26-2)10-17(23)18(13)20(25)28-12/h3-4,6-7,9-10,12,16,19,22-24H,5,8,11H2,1-2H3/b6-4+,7-3-/t12-,16?,19+/m0/s1. The van der Waals surface area contributed by atoms with Crippen molar-refractivity contribution < 1.29 is 39.1 Å². The molecule has 1 aromatic rings. The van der Waals surface area contributed by atoms with Crippen molar-refractivity contribution in [3.63, 3.8) is 0 Å². The molecule has 0 spiro atoms. The topological polar surface area (TPSA) is 123 Å². The summed E-state index contributed by atoms with van der Waals surface area (Å²) in [6, 6.07) is 2.79. The average molecular weight is 392 g/mol. The molecule has 28 heavy (non-hydrogen) atoms. The zero-order valence-electron chi connectivity index (χ0n) is 15.7. The second-order valence-electron chi connectivity index (χ2n) is 6.36. The summed E-state index contributed by atoms with van der Waals surface area (Å²) in [4.78, 5) is 24.4. The number of carbonyl (C=O) groups excluding carboxylic acids is 2. The van der Waals surface area contributed by atoms with Crippen molar-refractivity contribution in [3.8, 4) is 11.5 Å². The molecule has 3 N–H and O–H groups in total. The van der Waals surface area contributed by atoms with Crippen LogP contribution in [-0.2, 0) is 14.3 Å². The summed E-state index contributed by atoms with van der Waals surface area (Å²) in [5.41, 5.74) is 0.240. The van der Waals surface area contributed by atoms with Crippen molar-refractivity contribution in [3.05, 3.63) is 41.5 Å². The number of hydrogen-bond acceptors (Lipinski definition) is 8. The van der Waals surface area contributed by atoms with Gasteiger partial charge >= 0.3 is 5.97 Å². The molecule has 0 saturated carbocycles. The quantitative estimate of drug-likeness (QED) is 0.523. The van der Waals surface area contributed by atoms with Gasteiger partial charge in [0, 0.05) is 19.6 Å². The lowest BCUT2D eigenvalue weighted by molar-refractivity contribution is -0.127. The molecule has 0 radical (unpaired) electrons. The van der Waals surface area contributed by atoms with E-state index in [2.05, 4.69) is 0 Å². The van der Waals surface area contributed by atoms with E-state index in [1.54, 1.807) is 6.92 Å². The van der Waals surface area contributed by atoms with E-state index in [1.165, 1.54) is 37.5 Å². The van der Waals surface area contributed by atoms with Gasteiger partial charge in [0.2, 0.25) is 0 Å². The van der Waals surface area contributed by atoms with Crippen molar-refractivity contribution in [2.24, 2.45) is 0 Å². The predicted molar refractivity (Wildman–Crippen MR) is 99.9 cm³/mol. The van der Waals surface area contributed by atoms with Gasteiger partial charge in [-0.2, -0.15) is 0 Å². The van der Waals surface area contributed by atoms with Crippen LogP contribution in [0, 0.1) is 0 Å². The van der Waals surface area contributed by atoms with E-state index in [9.17, 15) is 24.9 Å². The summed E-state index contributed by atoms with van der Waals surface area (Å²) in [5, 5.41) is 30.2. The van der Waals surface area contributed by atoms with Crippen LogP contribution in [0.4, 0.5) is 0 Å². The molecular weight excluding hydrogens is 368 g/mol. The molecule has 0 bridgehead atoms. The number of ketones is 1. The van der Waals surface area contributed by atoms with Gasteiger partial charge in [-0.25, -0.2) is 4.79 Å². The molecule has 0 aromatic heterocycles. The maximum absolute atomic E-state index is 12.6. The molecule has 1 heterocycles. The fourth-order valence-corrected chi connectivity index (χ4v) is 2.60. The summed E-state index contributed by atoms with van der Waals surface area (Å²) in [6.45, 7) is 1.58. The average Bonchev–Trinajstić information content (AvgIpc) is 2.64. The monoisotopic (exact) mass is 392 g/mol. The molecule has 0 saturated heterocycles. The fraction of sp³-hybridized carbons (Fsp3) is 0.400. The largest absolute Gasteiger partial charge is 0.507 e. The van der Waals surface area contributed by atoms with Crippen LogP contribution in [0.3, 0.4) is 0 Å². The first-order valence-corrected chi connectivity index (χ1v) is 8.76. The van der Waals surface area contributed by atoms with E-state index < -0.39 is 30.1 Å². The van der Waals surface area contributed by atoms with Crippen molar-refractivity contribution in [2.45, 2.75) is 38.1 Å². The molecule has 1 aromatic carbocycles. The van der Waals surface area contributed by atoms with E-state index in [-0.39, 0.29) is 36.7 Å². The first kappa shape index (κ1) is 21.6. The summed E-state index contributed by atoms with van der Waals surface area (Å²) in [7, 11) is 1.44. The maximum Gasteiger partial charge on any atom is 0.342 e. The highest BCUT2D eigenvalue weighted by Crippen LogP contribution is 2.30. The molecule has 1 aliphatic heterocycles. The summed E-state index contributed by atoms with van der Waals surface area (Å²) in [5.74, 6) is -1.43. The van der Waals surface area contributed by atoms with Crippen molar-refractivity contribution >= 4 is 17.8 Å². The number of aromatic hydroxyl groups is 1. The lowest BCUT2D eigenvalue weighted by Gasteiger charge is -2.17. The Bertz CT molecular complexity index is 768. The second-order valence-corrected chi connectivity index (χ2v) is 6.36. The molecule has 152 valence electrons. The smallest absolute Gasteiger partial charge is 0.342 e. The van der Waals surface area contributed by atoms with Crippen LogP contribution < -0.4 is 4.74 Å². The van der Waals surface area contributed by atoms with Gasteiger partial charge in [-0.3, -0.25) is 4.79 Å². The first-order chi connectivity index (χ1) is 13.3. The molecule has 1 aliphatic rings. The number of fused-ring (bicyclic) bond motifs is 1. The third kappa shape index (κ3) is 5.66. The SMILES string of the molecule is COCOc1cc(O)c2c(c1)/C=C/CC(O)[C@H](O)C(=O)/C=C\C[C@H](C)OC2=O. The van der Waals surface area contributed by atoms with Gasteiger partial charge in [0.05, 0.1) is 6.10 Å². The van der Waals surface area contributed by atoms with Crippen LogP contribution in [0.25, 0.3) is 6.08 Å². The van der Waals surface area contributed by atoms with Crippen LogP contribution >= 0.6 is 0 Å². The molecule has 2 rings (SSSR count). The Morgan fingerprint density at radius 1 is 1.14 bits per heavy atom. The number of benzene rings is 1. The zero-order chi connectivity index (χ0) is 20.7. The van der Waals surface area contributed by atoms with E-state index in [0.717, 1.165) is 6.08 Å². The van der Waals surface area contributed by atoms with Gasteiger partial charge < -0.3 is 29.5 Å². The van der Waals surface area contributed by atoms with Crippen LogP contribution in [0.2, 0.25) is 0 Å². The van der Waals surface area contributed by atoms with Gasteiger partial charge in [0.25, 0.3) is 0 Å². The molecule has 8 nitrogen and oxygen atoms in total. The molecule has 0 amide bonds. The second kappa shape index (κ2) is 10.0. The first-order valence-electron chi connectivity index (χ1n) is 8.76. The highest BCUT2D eigenvalue weighted by molar-refractivity contribution is 5.97. The number of carbonyl (C=O) groups is 2. The third-order valence-corrected chi connectivity index (χ3v) is 4.06. The minimum Gasteiger partial charge on any atom is -0.507 e. The van der Waals surface area contributed by atoms with Crippen LogP contribution in [0.1, 0.15) is 35.7 Å². The number of aliphatic hydroxyl groups excluding tert-OH is 2. The number of aliphatic hydroxyl groups is 2. The number of phenols is 1. The van der Waals surface area contributed by atoms with Crippen LogP contribution in [0.15, 0.2) is 30.4 Å². The lowest BCUT2D eigenvalue weighted by atomic mass is 10.0. The number of methoxy groups -OCH3 is 1. The Morgan fingerprint density at radius 3 is 2.57 bits per heavy atom. The zero-order valence-corrected chi connectivity index (χ0v) is 15.7. The maximum atomic E-state index is 12.6. The molecule has 8 heteroatoms. The Balaban J connectivity index is 2.43. The molecule has 0 fully saturated rings. The van der Waals surface area contributed by atoms with Gasteiger partial charge in [0.1, 0.15) is 29.3 Å². The number of rotatable bonds is 3. The molecular formula is C20H24O8. The van der Waals surface area contributed by atoms with Gasteiger partial charge in [-0.05, 0) is 31.1 Å². The molecule has 1 unspecified atom stereocenters. The number of hydrogen-bond donors (Lipinski definition) is 3. The normalized spacial score (nSPS) is 25.9. The van der Waals surface area contributed by atoms with Crippen molar-refractivity contribution in [1.82, 2.24) is 0 Å². The Kier molecular flexibility index (Phi) is 7.74. The number of phenolic OH excluding ortho intramolecular Hbond substituents is 1. The molecule has 0 aliphatic carbocycles. The highest BCUT2D eigenvalue weighted by atomic mass is 16.7. The third-order valence-electron chi connectivity index (χ3n) is 4.06. The fourth-order valence-electron chi connectivity index (χ4n) is 2.60. The summed E-state index contributed by atoms with van der Waals surface area (Å²) in [6.07, 6.45) is 2.28. The van der Waals surface area contributed by atoms with E-state index >= 15 is 0 Å². The van der Waals surface area contributed by atoms with Crippen molar-refractivity contribution in [2.75, 3.05) is 13.9 Å². The van der Waals surface area contributed by atoms with Gasteiger partial charge in [0.15, 0.2) is 12.6 Å². The van der Waals surface area contributed by atoms with Gasteiger partial charge in [-0.15, -0.1) is 0 Å². The number of ether oxygens (including phenoxy) is 3. The van der Waals surface area contributed by atoms with E-state index in [1.807, 2.05) is 0 Å². The van der Waals surface area contributed by atoms with Crippen molar-refractivity contribution in [1.29, 1.82) is 0 Å². The number of esters is 1. The predicted octanol–water partition coefficient (Wildman–Crippen LogP) is 1.57. The van der Waals surface area contributed by atoms with Crippen LogP contribution in [-0.4, -0.2) is 59.3 Å². The van der Waals surface area contributed by atoms with Crippen LogP contribution in [0.5, 0.6) is 11.5 Å². The van der Waals surface area contributed by atoms with Gasteiger partial charge in [-0.1, -0.05) is 18.2 Å². The van der Waals surface area contributed by atoms with E-state index in [4.69, 9.17) is 14.2 Å². The lowest BCUT2D eigenvalue weighted by Crippen LogP contribution is -2.32. The summed E-state index contributed by atoms with van der Waals surface area (Å²) >= 11 is 0. The minimum absolute atomic E-state index is 0.0461. The summed E-state index contributed by atoms with van der Waals surface area (Å²) < 4.78 is 15.5. The Hall–Kier alpha value is -2.68. The number of cyclic esters (lactones) is 1. The molecule has 3 atom stereocenters. The highest BCUT2D eigenvalue weighted by Gasteiger charge is 2.23. The minimum atomic E-state index is -1.56.